The number of anilines is 1. The Morgan fingerprint density at radius 1 is 1.27 bits per heavy atom. The van der Waals surface area contributed by atoms with Crippen LogP contribution < -0.4 is 10.1 Å². The van der Waals surface area contributed by atoms with E-state index in [0.717, 1.165) is 37.2 Å². The summed E-state index contributed by atoms with van der Waals surface area (Å²) in [6.07, 6.45) is 5.71. The lowest BCUT2D eigenvalue weighted by molar-refractivity contribution is -0.143. The molecule has 1 aliphatic carbocycles. The molecule has 1 saturated carbocycles. The maximum absolute atomic E-state index is 11.3. The maximum Gasteiger partial charge on any atom is 0.306 e. The Morgan fingerprint density at radius 2 is 2.12 bits per heavy atom. The summed E-state index contributed by atoms with van der Waals surface area (Å²) in [6.45, 7) is 5.27. The molecule has 3 heterocycles. The van der Waals surface area contributed by atoms with Crippen LogP contribution in [0.5, 0.6) is 5.75 Å². The van der Waals surface area contributed by atoms with Gasteiger partial charge >= 0.3 is 5.97 Å². The summed E-state index contributed by atoms with van der Waals surface area (Å²) in [6, 6.07) is 3.75. The second-order valence-electron chi connectivity index (χ2n) is 8.45. The van der Waals surface area contributed by atoms with E-state index in [1.54, 1.807) is 9.36 Å². The van der Waals surface area contributed by atoms with E-state index >= 15 is 0 Å². The second-order valence-corrected chi connectivity index (χ2v) is 8.45. The molecule has 0 bridgehead atoms. The first kappa shape index (κ1) is 22.7. The first-order valence-corrected chi connectivity index (χ1v) is 11.3. The molecule has 11 heteroatoms. The highest BCUT2D eigenvalue weighted by Gasteiger charge is 2.28. The van der Waals surface area contributed by atoms with Gasteiger partial charge in [0, 0.05) is 13.6 Å². The molecule has 2 atom stereocenters. The number of hydrogen-bond acceptors (Lipinski definition) is 8. The second kappa shape index (κ2) is 9.97. The highest BCUT2D eigenvalue weighted by Crippen LogP contribution is 2.30. The Labute approximate surface area is 192 Å². The molecular formula is C22H30N8O3. The molecule has 0 unspecified atom stereocenters. The maximum atomic E-state index is 11.3. The van der Waals surface area contributed by atoms with Crippen LogP contribution in [0.25, 0.3) is 11.4 Å². The van der Waals surface area contributed by atoms with Crippen molar-refractivity contribution in [1.29, 1.82) is 0 Å². The quantitative estimate of drug-likeness (QED) is 0.500. The van der Waals surface area contributed by atoms with Crippen molar-refractivity contribution in [2.45, 2.75) is 65.1 Å². The molecule has 1 fully saturated rings. The zero-order valence-corrected chi connectivity index (χ0v) is 19.2. The fourth-order valence-electron chi connectivity index (χ4n) is 4.13. The number of aromatic nitrogens is 7. The number of nitrogens with zero attached hydrogens (tertiary/aromatic N) is 7. The standard InChI is InChI=1S/C22H30N8O3/c1-4-10-30-13-20(25-28-30)23-12-18-21(26-27-29(18)3)17-8-9-19(14(2)24-17)33-16-7-5-6-15(11-16)22(31)32/h8-9,13,15-16,23H,4-7,10-12H2,1-3H3,(H,31,32)/t15-,16-/m0/s1. The normalized spacial score (nSPS) is 18.3. The predicted molar refractivity (Wildman–Crippen MR) is 121 cm³/mol. The summed E-state index contributed by atoms with van der Waals surface area (Å²) in [5.41, 5.74) is 2.99. The van der Waals surface area contributed by atoms with Crippen molar-refractivity contribution in [3.05, 3.63) is 29.7 Å². The van der Waals surface area contributed by atoms with Gasteiger partial charge in [0.2, 0.25) is 0 Å². The fraction of sp³-hybridized carbons (Fsp3) is 0.545. The number of aliphatic carboxylic acids is 1. The largest absolute Gasteiger partial charge is 0.489 e. The molecule has 0 radical (unpaired) electrons. The molecule has 11 nitrogen and oxygen atoms in total. The van der Waals surface area contributed by atoms with Gasteiger partial charge in [0.05, 0.1) is 41.8 Å². The van der Waals surface area contributed by atoms with E-state index in [1.165, 1.54) is 0 Å². The van der Waals surface area contributed by atoms with Crippen LogP contribution in [0.3, 0.4) is 0 Å². The summed E-state index contributed by atoms with van der Waals surface area (Å²) in [5, 5.41) is 29.3. The highest BCUT2D eigenvalue weighted by molar-refractivity contribution is 5.70. The Morgan fingerprint density at radius 3 is 2.88 bits per heavy atom. The first-order chi connectivity index (χ1) is 15.9. The zero-order valence-electron chi connectivity index (χ0n) is 19.2. The minimum absolute atomic E-state index is 0.108. The van der Waals surface area contributed by atoms with Gasteiger partial charge < -0.3 is 15.2 Å². The number of carboxylic acid groups (broad SMARTS) is 1. The smallest absolute Gasteiger partial charge is 0.306 e. The lowest BCUT2D eigenvalue weighted by Gasteiger charge is -2.27. The number of aryl methyl sites for hydroxylation is 3. The summed E-state index contributed by atoms with van der Waals surface area (Å²) >= 11 is 0. The third-order valence-electron chi connectivity index (χ3n) is 5.92. The molecule has 0 amide bonds. The number of pyridine rings is 1. The molecule has 0 saturated heterocycles. The van der Waals surface area contributed by atoms with E-state index in [1.807, 2.05) is 32.3 Å². The van der Waals surface area contributed by atoms with E-state index in [2.05, 4.69) is 32.9 Å². The summed E-state index contributed by atoms with van der Waals surface area (Å²) in [5.74, 6) is 0.279. The average molecular weight is 455 g/mol. The fourth-order valence-corrected chi connectivity index (χ4v) is 4.13. The topological polar surface area (TPSA) is 133 Å². The number of carboxylic acids is 1. The van der Waals surface area contributed by atoms with E-state index in [-0.39, 0.29) is 12.0 Å². The third-order valence-corrected chi connectivity index (χ3v) is 5.92. The van der Waals surface area contributed by atoms with E-state index in [0.29, 0.717) is 42.3 Å². The first-order valence-electron chi connectivity index (χ1n) is 11.3. The lowest BCUT2D eigenvalue weighted by atomic mass is 9.87. The molecule has 4 rings (SSSR count). The molecule has 3 aromatic heterocycles. The van der Waals surface area contributed by atoms with Crippen LogP contribution in [-0.4, -0.2) is 52.2 Å². The third kappa shape index (κ3) is 5.29. The number of carbonyl (C=O) groups is 1. The van der Waals surface area contributed by atoms with E-state index < -0.39 is 5.97 Å². The predicted octanol–water partition coefficient (Wildman–Crippen LogP) is 2.82. The summed E-state index contributed by atoms with van der Waals surface area (Å²) in [7, 11) is 1.84. The van der Waals surface area contributed by atoms with Gasteiger partial charge in [-0.2, -0.15) is 0 Å². The highest BCUT2D eigenvalue weighted by atomic mass is 16.5. The van der Waals surface area contributed by atoms with Crippen molar-refractivity contribution in [3.8, 4) is 17.1 Å². The van der Waals surface area contributed by atoms with Crippen molar-refractivity contribution in [1.82, 2.24) is 35.0 Å². The van der Waals surface area contributed by atoms with Crippen molar-refractivity contribution in [3.63, 3.8) is 0 Å². The number of rotatable bonds is 9. The number of nitrogens with one attached hydrogen (secondary N) is 1. The molecule has 2 N–H and O–H groups in total. The minimum atomic E-state index is -0.745. The van der Waals surface area contributed by atoms with Gasteiger partial charge in [0.15, 0.2) is 5.82 Å². The van der Waals surface area contributed by atoms with E-state index in [4.69, 9.17) is 9.72 Å². The van der Waals surface area contributed by atoms with Crippen LogP contribution in [0.15, 0.2) is 18.3 Å². The monoisotopic (exact) mass is 454 g/mol. The van der Waals surface area contributed by atoms with E-state index in [9.17, 15) is 9.90 Å². The van der Waals surface area contributed by atoms with Crippen LogP contribution in [0.1, 0.15) is 50.4 Å². The molecule has 176 valence electrons. The molecule has 1 aliphatic rings. The summed E-state index contributed by atoms with van der Waals surface area (Å²) in [4.78, 5) is 16.0. The van der Waals surface area contributed by atoms with Crippen LogP contribution in [-0.2, 0) is 24.9 Å². The van der Waals surface area contributed by atoms with Crippen molar-refractivity contribution in [2.75, 3.05) is 5.32 Å². The van der Waals surface area contributed by atoms with Crippen LogP contribution >= 0.6 is 0 Å². The van der Waals surface area contributed by atoms with Crippen molar-refractivity contribution in [2.24, 2.45) is 13.0 Å². The van der Waals surface area contributed by atoms with Crippen LogP contribution in [0, 0.1) is 12.8 Å². The van der Waals surface area contributed by atoms with Gasteiger partial charge in [-0.1, -0.05) is 17.4 Å². The SMILES string of the molecule is CCCn1cc(NCc2c(-c3ccc(O[C@H]4CCC[C@H](C(=O)O)C4)c(C)n3)nnn2C)nn1. The zero-order chi connectivity index (χ0) is 23.4. The van der Waals surface area contributed by atoms with Gasteiger partial charge in [-0.25, -0.2) is 9.67 Å². The lowest BCUT2D eigenvalue weighted by Crippen LogP contribution is -2.29. The van der Waals surface area contributed by atoms with Crippen molar-refractivity contribution < 1.29 is 14.6 Å². The van der Waals surface area contributed by atoms with Gasteiger partial charge in [0.25, 0.3) is 0 Å². The van der Waals surface area contributed by atoms with Gasteiger partial charge in [-0.15, -0.1) is 10.2 Å². The molecule has 0 aliphatic heterocycles. The van der Waals surface area contributed by atoms with Crippen LogP contribution in [0.4, 0.5) is 5.82 Å². The molecular weight excluding hydrogens is 424 g/mol. The Balaban J connectivity index is 1.46. The average Bonchev–Trinajstić information content (AvgIpc) is 3.40. The molecule has 0 aromatic carbocycles. The number of hydrogen-bond donors (Lipinski definition) is 2. The van der Waals surface area contributed by atoms with Crippen LogP contribution in [0.2, 0.25) is 0 Å². The number of ether oxygens (including phenoxy) is 1. The molecule has 33 heavy (non-hydrogen) atoms. The van der Waals surface area contributed by atoms with Gasteiger partial charge in [0.1, 0.15) is 11.4 Å². The van der Waals surface area contributed by atoms with Gasteiger partial charge in [-0.05, 0) is 51.2 Å². The Kier molecular flexibility index (Phi) is 6.85. The molecule has 0 spiro atoms. The molecule has 3 aromatic rings. The summed E-state index contributed by atoms with van der Waals surface area (Å²) < 4.78 is 9.64. The van der Waals surface area contributed by atoms with Gasteiger partial charge in [-0.3, -0.25) is 9.48 Å². The van der Waals surface area contributed by atoms with Crippen molar-refractivity contribution >= 4 is 11.8 Å². The minimum Gasteiger partial charge on any atom is -0.489 e. The Hall–Kier alpha value is -3.50. The Bertz CT molecular complexity index is 1110.